The summed E-state index contributed by atoms with van der Waals surface area (Å²) in [5, 5.41) is 0.525. The van der Waals surface area contributed by atoms with Gasteiger partial charge < -0.3 is 4.98 Å². The summed E-state index contributed by atoms with van der Waals surface area (Å²) >= 11 is 15.1. The number of aromatic amines is 1. The Labute approximate surface area is 186 Å². The second kappa shape index (κ2) is 7.95. The maximum absolute atomic E-state index is 13.8. The molecule has 1 heterocycles. The maximum Gasteiger partial charge on any atom is 0.407 e. The summed E-state index contributed by atoms with van der Waals surface area (Å²) in [6.45, 7) is 0.178. The van der Waals surface area contributed by atoms with E-state index in [0.29, 0.717) is 20.1 Å². The number of nitrogens with one attached hydrogen (secondary N) is 1. The Hall–Kier alpha value is -1.38. The van der Waals surface area contributed by atoms with Crippen LogP contribution in [0, 0.1) is 0 Å². The molecule has 3 aromatic rings. The molecule has 0 atom stereocenters. The van der Waals surface area contributed by atoms with E-state index in [0.717, 1.165) is 0 Å². The third kappa shape index (κ3) is 4.18. The first-order valence-electron chi connectivity index (χ1n) is 8.63. The van der Waals surface area contributed by atoms with Crippen LogP contribution in [0.4, 0.5) is 26.3 Å². The highest BCUT2D eigenvalue weighted by Gasteiger charge is 2.69. The van der Waals surface area contributed by atoms with Crippen molar-refractivity contribution in [1.29, 1.82) is 0 Å². The number of halogens is 9. The Morgan fingerprint density at radius 1 is 0.867 bits per heavy atom. The molecule has 0 saturated carbocycles. The van der Waals surface area contributed by atoms with E-state index in [9.17, 15) is 26.3 Å². The predicted octanol–water partition coefficient (Wildman–Crippen LogP) is 8.40. The number of H-pyrrole nitrogens is 1. The van der Waals surface area contributed by atoms with Crippen LogP contribution in [-0.4, -0.2) is 17.3 Å². The summed E-state index contributed by atoms with van der Waals surface area (Å²) in [6, 6.07) is 8.74. The van der Waals surface area contributed by atoms with Gasteiger partial charge in [-0.1, -0.05) is 45.2 Å². The summed E-state index contributed by atoms with van der Waals surface area (Å²) < 4.78 is 83.6. The van der Waals surface area contributed by atoms with Crippen molar-refractivity contribution in [3.05, 3.63) is 67.7 Å². The zero-order chi connectivity index (χ0) is 22.5. The minimum atomic E-state index is -5.55. The SMILES string of the molecule is CC(c1c(CCc2cc(Cl)cc(Cl)c2)[nH]c2cc(Br)ccc12)(C(F)(F)F)C(F)(F)F. The van der Waals surface area contributed by atoms with Crippen molar-refractivity contribution in [3.63, 3.8) is 0 Å². The van der Waals surface area contributed by atoms with E-state index in [-0.39, 0.29) is 36.4 Å². The fourth-order valence-corrected chi connectivity index (χ4v) is 4.39. The third-order valence-corrected chi connectivity index (χ3v) is 5.99. The predicted molar refractivity (Wildman–Crippen MR) is 109 cm³/mol. The summed E-state index contributed by atoms with van der Waals surface area (Å²) in [6.07, 6.45) is -11.1. The van der Waals surface area contributed by atoms with Crippen molar-refractivity contribution in [2.75, 3.05) is 0 Å². The maximum atomic E-state index is 13.8. The van der Waals surface area contributed by atoms with E-state index in [2.05, 4.69) is 20.9 Å². The van der Waals surface area contributed by atoms with Crippen LogP contribution >= 0.6 is 39.1 Å². The van der Waals surface area contributed by atoms with E-state index in [1.165, 1.54) is 24.3 Å². The van der Waals surface area contributed by atoms with Gasteiger partial charge in [-0.2, -0.15) is 26.3 Å². The van der Waals surface area contributed by atoms with Crippen LogP contribution in [0.25, 0.3) is 10.9 Å². The van der Waals surface area contributed by atoms with Crippen molar-refractivity contribution in [2.24, 2.45) is 0 Å². The summed E-state index contributed by atoms with van der Waals surface area (Å²) in [4.78, 5) is 2.76. The van der Waals surface area contributed by atoms with Crippen LogP contribution in [0.15, 0.2) is 40.9 Å². The Morgan fingerprint density at radius 2 is 1.43 bits per heavy atom. The summed E-state index contributed by atoms with van der Waals surface area (Å²) in [7, 11) is 0. The molecule has 0 spiro atoms. The topological polar surface area (TPSA) is 15.8 Å². The number of alkyl halides is 6. The molecular formula is C20H14BrCl2F6N. The highest BCUT2D eigenvalue weighted by molar-refractivity contribution is 9.10. The number of rotatable bonds is 4. The van der Waals surface area contributed by atoms with Gasteiger partial charge in [-0.3, -0.25) is 0 Å². The van der Waals surface area contributed by atoms with E-state index in [1.807, 2.05) is 0 Å². The molecule has 1 aromatic heterocycles. The second-order valence-electron chi connectivity index (χ2n) is 7.07. The Balaban J connectivity index is 2.19. The Kier molecular flexibility index (Phi) is 6.17. The second-order valence-corrected chi connectivity index (χ2v) is 8.86. The highest BCUT2D eigenvalue weighted by atomic mass is 79.9. The Bertz CT molecular complexity index is 1050. The van der Waals surface area contributed by atoms with Crippen molar-refractivity contribution in [3.8, 4) is 0 Å². The monoisotopic (exact) mass is 531 g/mol. The van der Waals surface area contributed by atoms with Crippen molar-refractivity contribution < 1.29 is 26.3 Å². The van der Waals surface area contributed by atoms with Crippen molar-refractivity contribution in [2.45, 2.75) is 37.5 Å². The van der Waals surface area contributed by atoms with Crippen LogP contribution in [0.2, 0.25) is 10.0 Å². The first kappa shape index (κ1) is 23.3. The zero-order valence-electron chi connectivity index (χ0n) is 15.3. The molecule has 0 aliphatic heterocycles. The molecule has 0 amide bonds. The van der Waals surface area contributed by atoms with Gasteiger partial charge in [0.05, 0.1) is 0 Å². The molecule has 10 heteroatoms. The van der Waals surface area contributed by atoms with Gasteiger partial charge in [0.15, 0.2) is 5.41 Å². The summed E-state index contributed by atoms with van der Waals surface area (Å²) in [5.74, 6) is 0. The van der Waals surface area contributed by atoms with E-state index < -0.39 is 23.3 Å². The van der Waals surface area contributed by atoms with Gasteiger partial charge in [0.1, 0.15) is 0 Å². The Morgan fingerprint density at radius 3 is 1.97 bits per heavy atom. The lowest BCUT2D eigenvalue weighted by atomic mass is 9.78. The molecule has 0 aliphatic rings. The van der Waals surface area contributed by atoms with Crippen molar-refractivity contribution >= 4 is 50.0 Å². The molecule has 2 aromatic carbocycles. The molecule has 1 N–H and O–H groups in total. The lowest BCUT2D eigenvalue weighted by molar-refractivity contribution is -0.297. The fourth-order valence-electron chi connectivity index (χ4n) is 3.45. The average Bonchev–Trinajstić information content (AvgIpc) is 2.94. The number of fused-ring (bicyclic) bond motifs is 1. The molecule has 0 aliphatic carbocycles. The molecule has 0 unspecified atom stereocenters. The smallest absolute Gasteiger partial charge is 0.358 e. The molecule has 3 rings (SSSR count). The van der Waals surface area contributed by atoms with Crippen LogP contribution < -0.4 is 0 Å². The molecule has 30 heavy (non-hydrogen) atoms. The molecule has 0 radical (unpaired) electrons. The fraction of sp³-hybridized carbons (Fsp3) is 0.300. The zero-order valence-corrected chi connectivity index (χ0v) is 18.4. The molecule has 0 saturated heterocycles. The van der Waals surface area contributed by atoms with Gasteiger partial charge in [0.25, 0.3) is 0 Å². The van der Waals surface area contributed by atoms with Gasteiger partial charge in [-0.05, 0) is 55.7 Å². The number of benzene rings is 2. The first-order chi connectivity index (χ1) is 13.7. The van der Waals surface area contributed by atoms with E-state index in [4.69, 9.17) is 23.2 Å². The quantitative estimate of drug-likeness (QED) is 0.325. The van der Waals surface area contributed by atoms with Gasteiger partial charge in [0.2, 0.25) is 0 Å². The van der Waals surface area contributed by atoms with Gasteiger partial charge >= 0.3 is 12.4 Å². The van der Waals surface area contributed by atoms with Crippen LogP contribution in [-0.2, 0) is 18.3 Å². The number of aromatic nitrogens is 1. The average molecular weight is 533 g/mol. The van der Waals surface area contributed by atoms with E-state index >= 15 is 0 Å². The van der Waals surface area contributed by atoms with Crippen LogP contribution in [0.3, 0.4) is 0 Å². The minimum Gasteiger partial charge on any atom is -0.358 e. The highest BCUT2D eigenvalue weighted by Crippen LogP contribution is 2.54. The first-order valence-corrected chi connectivity index (χ1v) is 10.2. The lowest BCUT2D eigenvalue weighted by Gasteiger charge is -2.35. The molecule has 162 valence electrons. The lowest BCUT2D eigenvalue weighted by Crippen LogP contribution is -2.52. The molecule has 1 nitrogen and oxygen atoms in total. The van der Waals surface area contributed by atoms with Gasteiger partial charge in [-0.15, -0.1) is 0 Å². The number of hydrogen-bond acceptors (Lipinski definition) is 0. The van der Waals surface area contributed by atoms with E-state index in [1.54, 1.807) is 12.1 Å². The molecular weight excluding hydrogens is 519 g/mol. The standard InChI is InChI=1S/C20H14BrCl2F6N/c1-18(19(24,25)26,20(27,28)29)17-14-4-3-11(21)8-16(14)30-15(17)5-2-10-6-12(22)9-13(23)7-10/h3-4,6-9,30H,2,5H2,1H3. The molecule has 0 fully saturated rings. The van der Waals surface area contributed by atoms with Crippen LogP contribution in [0.5, 0.6) is 0 Å². The number of hydrogen-bond donors (Lipinski definition) is 1. The minimum absolute atomic E-state index is 0.0972. The van der Waals surface area contributed by atoms with Crippen molar-refractivity contribution in [1.82, 2.24) is 4.98 Å². The largest absolute Gasteiger partial charge is 0.407 e. The van der Waals surface area contributed by atoms with Gasteiger partial charge in [-0.25, -0.2) is 0 Å². The van der Waals surface area contributed by atoms with Crippen LogP contribution in [0.1, 0.15) is 23.7 Å². The summed E-state index contributed by atoms with van der Waals surface area (Å²) in [5.41, 5.74) is -4.24. The number of aryl methyl sites for hydroxylation is 2. The molecule has 0 bridgehead atoms. The third-order valence-electron chi connectivity index (χ3n) is 5.06. The van der Waals surface area contributed by atoms with Gasteiger partial charge in [0, 0.05) is 36.7 Å². The normalized spacial score (nSPS) is 13.3.